The van der Waals surface area contributed by atoms with Gasteiger partial charge in [0.25, 0.3) is 0 Å². The van der Waals surface area contributed by atoms with Crippen LogP contribution < -0.4 is 5.32 Å². The van der Waals surface area contributed by atoms with Gasteiger partial charge in [-0.15, -0.1) is 0 Å². The molecule has 0 saturated heterocycles. The van der Waals surface area contributed by atoms with Crippen molar-refractivity contribution in [1.29, 1.82) is 0 Å². The minimum Gasteiger partial charge on any atom is -0.381 e. The molecule has 0 radical (unpaired) electrons. The van der Waals surface area contributed by atoms with Crippen molar-refractivity contribution in [3.05, 3.63) is 27.7 Å². The molecule has 1 aromatic rings. The SMILES string of the molecule is Clc1ccc(Br)c(NC(C2CC2)C2CC2)c1. The van der Waals surface area contributed by atoms with Crippen molar-refractivity contribution in [3.8, 4) is 0 Å². The zero-order valence-corrected chi connectivity index (χ0v) is 11.4. The Kier molecular flexibility index (Phi) is 2.88. The number of halogens is 2. The number of benzene rings is 1. The second kappa shape index (κ2) is 4.23. The first kappa shape index (κ1) is 10.9. The summed E-state index contributed by atoms with van der Waals surface area (Å²) in [5.74, 6) is 1.80. The van der Waals surface area contributed by atoms with E-state index in [2.05, 4.69) is 21.2 Å². The Morgan fingerprint density at radius 1 is 1.19 bits per heavy atom. The fourth-order valence-electron chi connectivity index (χ4n) is 2.32. The van der Waals surface area contributed by atoms with E-state index in [1.165, 1.54) is 25.7 Å². The summed E-state index contributed by atoms with van der Waals surface area (Å²) in [4.78, 5) is 0. The zero-order chi connectivity index (χ0) is 11.1. The highest BCUT2D eigenvalue weighted by Gasteiger charge is 2.41. The zero-order valence-electron chi connectivity index (χ0n) is 9.05. The lowest BCUT2D eigenvalue weighted by Gasteiger charge is -2.20. The van der Waals surface area contributed by atoms with Crippen molar-refractivity contribution in [2.45, 2.75) is 31.7 Å². The van der Waals surface area contributed by atoms with Gasteiger partial charge >= 0.3 is 0 Å². The summed E-state index contributed by atoms with van der Waals surface area (Å²) < 4.78 is 1.11. The molecule has 16 heavy (non-hydrogen) atoms. The normalized spacial score (nSPS) is 20.2. The molecule has 0 unspecified atom stereocenters. The molecular weight excluding hydrogens is 286 g/mol. The fourth-order valence-corrected chi connectivity index (χ4v) is 2.85. The van der Waals surface area contributed by atoms with E-state index >= 15 is 0 Å². The first-order valence-corrected chi connectivity index (χ1v) is 7.13. The average molecular weight is 301 g/mol. The van der Waals surface area contributed by atoms with Crippen LogP contribution in [0.1, 0.15) is 25.7 Å². The molecular formula is C13H15BrClN. The summed E-state index contributed by atoms with van der Waals surface area (Å²) in [6, 6.07) is 6.63. The molecule has 0 aromatic heterocycles. The van der Waals surface area contributed by atoms with Crippen LogP contribution in [-0.2, 0) is 0 Å². The predicted octanol–water partition coefficient (Wildman–Crippen LogP) is 4.70. The summed E-state index contributed by atoms with van der Waals surface area (Å²) >= 11 is 9.61. The lowest BCUT2D eigenvalue weighted by Crippen LogP contribution is -2.24. The van der Waals surface area contributed by atoms with Crippen molar-refractivity contribution in [2.75, 3.05) is 5.32 Å². The van der Waals surface area contributed by atoms with E-state index in [0.29, 0.717) is 6.04 Å². The third-order valence-corrected chi connectivity index (χ3v) is 4.44. The molecule has 0 spiro atoms. The van der Waals surface area contributed by atoms with Crippen LogP contribution in [0, 0.1) is 11.8 Å². The molecule has 0 heterocycles. The smallest absolute Gasteiger partial charge is 0.0501 e. The summed E-state index contributed by atoms with van der Waals surface area (Å²) in [6.45, 7) is 0. The van der Waals surface area contributed by atoms with Crippen molar-refractivity contribution in [3.63, 3.8) is 0 Å². The predicted molar refractivity (Wildman–Crippen MR) is 72.0 cm³/mol. The van der Waals surface area contributed by atoms with E-state index in [1.54, 1.807) is 0 Å². The number of nitrogens with one attached hydrogen (secondary N) is 1. The highest BCUT2D eigenvalue weighted by atomic mass is 79.9. The molecule has 2 aliphatic carbocycles. The molecule has 2 fully saturated rings. The van der Waals surface area contributed by atoms with Gasteiger partial charge in [0, 0.05) is 15.5 Å². The van der Waals surface area contributed by atoms with Crippen LogP contribution in [0.3, 0.4) is 0 Å². The number of rotatable bonds is 4. The number of hydrogen-bond donors (Lipinski definition) is 1. The van der Waals surface area contributed by atoms with Gasteiger partial charge in [-0.1, -0.05) is 11.6 Å². The number of hydrogen-bond acceptors (Lipinski definition) is 1. The fraction of sp³-hybridized carbons (Fsp3) is 0.538. The monoisotopic (exact) mass is 299 g/mol. The van der Waals surface area contributed by atoms with E-state index in [-0.39, 0.29) is 0 Å². The van der Waals surface area contributed by atoms with E-state index in [1.807, 2.05) is 18.2 Å². The molecule has 2 saturated carbocycles. The summed E-state index contributed by atoms with van der Waals surface area (Å²) in [6.07, 6.45) is 5.58. The lowest BCUT2D eigenvalue weighted by molar-refractivity contribution is 0.567. The van der Waals surface area contributed by atoms with Crippen LogP contribution in [0.5, 0.6) is 0 Å². The van der Waals surface area contributed by atoms with Gasteiger partial charge in [0.05, 0.1) is 5.69 Å². The molecule has 1 N–H and O–H groups in total. The second-order valence-electron chi connectivity index (χ2n) is 4.97. The Morgan fingerprint density at radius 3 is 2.38 bits per heavy atom. The molecule has 1 aromatic carbocycles. The molecule has 2 aliphatic rings. The van der Waals surface area contributed by atoms with Crippen LogP contribution in [-0.4, -0.2) is 6.04 Å². The molecule has 0 amide bonds. The average Bonchev–Trinajstić information content (AvgIpc) is 3.13. The molecule has 1 nitrogen and oxygen atoms in total. The van der Waals surface area contributed by atoms with E-state index in [4.69, 9.17) is 11.6 Å². The maximum Gasteiger partial charge on any atom is 0.0501 e. The summed E-state index contributed by atoms with van der Waals surface area (Å²) in [7, 11) is 0. The maximum atomic E-state index is 6.03. The minimum atomic E-state index is 0.676. The Balaban J connectivity index is 1.78. The molecule has 3 heteroatoms. The minimum absolute atomic E-state index is 0.676. The third-order valence-electron chi connectivity index (χ3n) is 3.51. The topological polar surface area (TPSA) is 12.0 Å². The Labute approximate surface area is 110 Å². The quantitative estimate of drug-likeness (QED) is 0.849. The van der Waals surface area contributed by atoms with Crippen LogP contribution in [0.4, 0.5) is 5.69 Å². The highest BCUT2D eigenvalue weighted by molar-refractivity contribution is 9.10. The highest BCUT2D eigenvalue weighted by Crippen LogP contribution is 2.46. The Hall–Kier alpha value is -0.210. The largest absolute Gasteiger partial charge is 0.381 e. The van der Waals surface area contributed by atoms with Crippen molar-refractivity contribution in [1.82, 2.24) is 0 Å². The van der Waals surface area contributed by atoms with Gasteiger partial charge in [-0.2, -0.15) is 0 Å². The summed E-state index contributed by atoms with van der Waals surface area (Å²) in [5, 5.41) is 4.48. The van der Waals surface area contributed by atoms with E-state index < -0.39 is 0 Å². The van der Waals surface area contributed by atoms with E-state index in [0.717, 1.165) is 27.0 Å². The Morgan fingerprint density at radius 2 is 1.81 bits per heavy atom. The van der Waals surface area contributed by atoms with Crippen LogP contribution in [0.15, 0.2) is 22.7 Å². The van der Waals surface area contributed by atoms with Gasteiger partial charge in [0.2, 0.25) is 0 Å². The van der Waals surface area contributed by atoms with Gasteiger partial charge in [0.15, 0.2) is 0 Å². The Bertz CT molecular complexity index is 387. The van der Waals surface area contributed by atoms with E-state index in [9.17, 15) is 0 Å². The molecule has 3 rings (SSSR count). The summed E-state index contributed by atoms with van der Waals surface area (Å²) in [5.41, 5.74) is 1.15. The first-order valence-electron chi connectivity index (χ1n) is 5.95. The van der Waals surface area contributed by atoms with Crippen LogP contribution >= 0.6 is 27.5 Å². The molecule has 0 aliphatic heterocycles. The second-order valence-corrected chi connectivity index (χ2v) is 6.26. The van der Waals surface area contributed by atoms with Crippen molar-refractivity contribution in [2.24, 2.45) is 11.8 Å². The van der Waals surface area contributed by atoms with Gasteiger partial charge in [-0.25, -0.2) is 0 Å². The van der Waals surface area contributed by atoms with Crippen LogP contribution in [0.25, 0.3) is 0 Å². The standard InChI is InChI=1S/C13H15BrClN/c14-11-6-5-10(15)7-12(11)16-13(8-1-2-8)9-3-4-9/h5-9,13,16H,1-4H2. The maximum absolute atomic E-state index is 6.03. The first-order chi connectivity index (χ1) is 7.74. The van der Waals surface area contributed by atoms with Crippen LogP contribution in [0.2, 0.25) is 5.02 Å². The van der Waals surface area contributed by atoms with Gasteiger partial charge in [-0.3, -0.25) is 0 Å². The van der Waals surface area contributed by atoms with Gasteiger partial charge in [-0.05, 0) is 71.6 Å². The van der Waals surface area contributed by atoms with Gasteiger partial charge < -0.3 is 5.32 Å². The molecule has 0 atom stereocenters. The lowest BCUT2D eigenvalue weighted by atomic mass is 10.1. The molecule has 86 valence electrons. The van der Waals surface area contributed by atoms with Crippen molar-refractivity contribution >= 4 is 33.2 Å². The van der Waals surface area contributed by atoms with Crippen molar-refractivity contribution < 1.29 is 0 Å². The third kappa shape index (κ3) is 2.38. The number of anilines is 1. The van der Waals surface area contributed by atoms with Gasteiger partial charge in [0.1, 0.15) is 0 Å². The molecule has 0 bridgehead atoms.